The minimum Gasteiger partial charge on any atom is -0.495 e. The number of methoxy groups -OCH3 is 1. The molecule has 0 heterocycles. The standard InChI is InChI=1S/C14H25N3O/c1-5-17(11-7-10-16(2)3)12-8-6-9-13(18-4)14(12)15/h6,8-9H,5,7,10-11,15H2,1-4H3. The summed E-state index contributed by atoms with van der Waals surface area (Å²) in [6.45, 7) is 5.19. The smallest absolute Gasteiger partial charge is 0.143 e. The minimum atomic E-state index is 0.728. The number of hydrogen-bond acceptors (Lipinski definition) is 4. The summed E-state index contributed by atoms with van der Waals surface area (Å²) in [5, 5.41) is 0. The van der Waals surface area contributed by atoms with Crippen LogP contribution in [0.4, 0.5) is 11.4 Å². The topological polar surface area (TPSA) is 41.7 Å². The van der Waals surface area contributed by atoms with Gasteiger partial charge in [0.05, 0.1) is 18.5 Å². The molecule has 0 saturated heterocycles. The highest BCUT2D eigenvalue weighted by Crippen LogP contribution is 2.31. The Balaban J connectivity index is 2.75. The molecule has 0 bridgehead atoms. The van der Waals surface area contributed by atoms with Crippen molar-refractivity contribution in [1.82, 2.24) is 4.90 Å². The first-order valence-electron chi connectivity index (χ1n) is 6.42. The maximum atomic E-state index is 6.12. The molecule has 0 aliphatic rings. The first-order chi connectivity index (χ1) is 8.60. The number of para-hydroxylation sites is 1. The van der Waals surface area contributed by atoms with Crippen LogP contribution in [0.25, 0.3) is 0 Å². The first-order valence-corrected chi connectivity index (χ1v) is 6.42. The van der Waals surface area contributed by atoms with E-state index in [1.165, 1.54) is 0 Å². The third-order valence-electron chi connectivity index (χ3n) is 3.02. The van der Waals surface area contributed by atoms with Gasteiger partial charge in [-0.25, -0.2) is 0 Å². The molecule has 0 aromatic heterocycles. The van der Waals surface area contributed by atoms with E-state index >= 15 is 0 Å². The fourth-order valence-corrected chi connectivity index (χ4v) is 2.01. The Morgan fingerprint density at radius 3 is 2.50 bits per heavy atom. The SMILES string of the molecule is CCN(CCCN(C)C)c1cccc(OC)c1N. The highest BCUT2D eigenvalue weighted by atomic mass is 16.5. The van der Waals surface area contributed by atoms with Gasteiger partial charge in [0.15, 0.2) is 0 Å². The van der Waals surface area contributed by atoms with E-state index in [-0.39, 0.29) is 0 Å². The van der Waals surface area contributed by atoms with Crippen LogP contribution in [0.1, 0.15) is 13.3 Å². The monoisotopic (exact) mass is 251 g/mol. The van der Waals surface area contributed by atoms with Crippen molar-refractivity contribution in [3.63, 3.8) is 0 Å². The molecular formula is C14H25N3O. The largest absolute Gasteiger partial charge is 0.495 e. The van der Waals surface area contributed by atoms with Crippen LogP contribution in [-0.4, -0.2) is 45.7 Å². The predicted molar refractivity (Wildman–Crippen MR) is 78.5 cm³/mol. The molecule has 0 amide bonds. The van der Waals surface area contributed by atoms with Crippen LogP contribution in [-0.2, 0) is 0 Å². The maximum absolute atomic E-state index is 6.12. The fraction of sp³-hybridized carbons (Fsp3) is 0.571. The van der Waals surface area contributed by atoms with E-state index in [2.05, 4.69) is 36.9 Å². The Kier molecular flexibility index (Phi) is 5.78. The van der Waals surface area contributed by atoms with E-state index < -0.39 is 0 Å². The number of hydrogen-bond donors (Lipinski definition) is 1. The molecule has 1 aromatic rings. The Bertz CT molecular complexity index is 366. The third kappa shape index (κ3) is 3.81. The lowest BCUT2D eigenvalue weighted by molar-refractivity contribution is 0.400. The van der Waals surface area contributed by atoms with Gasteiger partial charge in [-0.3, -0.25) is 0 Å². The van der Waals surface area contributed by atoms with Gasteiger partial charge < -0.3 is 20.3 Å². The van der Waals surface area contributed by atoms with E-state index in [0.717, 1.165) is 43.2 Å². The molecule has 4 nitrogen and oxygen atoms in total. The normalized spacial score (nSPS) is 10.7. The average molecular weight is 251 g/mol. The molecule has 4 heteroatoms. The molecule has 1 rings (SSSR count). The quantitative estimate of drug-likeness (QED) is 0.753. The van der Waals surface area contributed by atoms with Crippen molar-refractivity contribution in [2.75, 3.05) is 51.5 Å². The minimum absolute atomic E-state index is 0.728. The Morgan fingerprint density at radius 2 is 1.94 bits per heavy atom. The molecule has 0 spiro atoms. The fourth-order valence-electron chi connectivity index (χ4n) is 2.01. The highest BCUT2D eigenvalue weighted by molar-refractivity contribution is 5.74. The number of benzene rings is 1. The summed E-state index contributed by atoms with van der Waals surface area (Å²) in [4.78, 5) is 4.49. The van der Waals surface area contributed by atoms with Crippen molar-refractivity contribution >= 4 is 11.4 Å². The number of ether oxygens (including phenoxy) is 1. The van der Waals surface area contributed by atoms with Gasteiger partial charge in [-0.1, -0.05) is 6.07 Å². The van der Waals surface area contributed by atoms with Gasteiger partial charge in [-0.05, 0) is 46.1 Å². The van der Waals surface area contributed by atoms with Crippen molar-refractivity contribution in [2.24, 2.45) is 0 Å². The first kappa shape index (κ1) is 14.6. The van der Waals surface area contributed by atoms with Gasteiger partial charge in [0.2, 0.25) is 0 Å². The van der Waals surface area contributed by atoms with Gasteiger partial charge in [0, 0.05) is 13.1 Å². The van der Waals surface area contributed by atoms with E-state index in [1.807, 2.05) is 12.1 Å². The molecule has 2 N–H and O–H groups in total. The van der Waals surface area contributed by atoms with Crippen LogP contribution in [0.3, 0.4) is 0 Å². The lowest BCUT2D eigenvalue weighted by Crippen LogP contribution is -2.27. The van der Waals surface area contributed by atoms with E-state index in [4.69, 9.17) is 10.5 Å². The molecule has 0 fully saturated rings. The molecule has 0 radical (unpaired) electrons. The van der Waals surface area contributed by atoms with Crippen LogP contribution in [0, 0.1) is 0 Å². The van der Waals surface area contributed by atoms with Crippen molar-refractivity contribution < 1.29 is 4.74 Å². The molecule has 18 heavy (non-hydrogen) atoms. The van der Waals surface area contributed by atoms with Crippen molar-refractivity contribution in [2.45, 2.75) is 13.3 Å². The lowest BCUT2D eigenvalue weighted by atomic mass is 10.2. The van der Waals surface area contributed by atoms with Crippen molar-refractivity contribution in [1.29, 1.82) is 0 Å². The molecule has 1 aromatic carbocycles. The number of nitrogens with zero attached hydrogens (tertiary/aromatic N) is 2. The van der Waals surface area contributed by atoms with Crippen LogP contribution in [0.2, 0.25) is 0 Å². The van der Waals surface area contributed by atoms with Gasteiger partial charge in [-0.2, -0.15) is 0 Å². The summed E-state index contributed by atoms with van der Waals surface area (Å²) in [6, 6.07) is 5.93. The molecular weight excluding hydrogens is 226 g/mol. The second-order valence-electron chi connectivity index (χ2n) is 4.63. The molecule has 0 aliphatic heterocycles. The molecule has 0 atom stereocenters. The second kappa shape index (κ2) is 7.11. The number of anilines is 2. The van der Waals surface area contributed by atoms with E-state index in [0.29, 0.717) is 0 Å². The summed E-state index contributed by atoms with van der Waals surface area (Å²) >= 11 is 0. The summed E-state index contributed by atoms with van der Waals surface area (Å²) in [5.74, 6) is 0.749. The molecule has 0 unspecified atom stereocenters. The Labute approximate surface area is 110 Å². The maximum Gasteiger partial charge on any atom is 0.143 e. The zero-order chi connectivity index (χ0) is 13.5. The Morgan fingerprint density at radius 1 is 1.22 bits per heavy atom. The van der Waals surface area contributed by atoms with Crippen molar-refractivity contribution in [3.8, 4) is 5.75 Å². The van der Waals surface area contributed by atoms with Gasteiger partial charge in [0.25, 0.3) is 0 Å². The van der Waals surface area contributed by atoms with Gasteiger partial charge >= 0.3 is 0 Å². The number of nitrogen functional groups attached to an aromatic ring is 1. The van der Waals surface area contributed by atoms with Crippen LogP contribution < -0.4 is 15.4 Å². The summed E-state index contributed by atoms with van der Waals surface area (Å²) in [6.07, 6.45) is 1.12. The average Bonchev–Trinajstić information content (AvgIpc) is 2.35. The molecule has 0 saturated carbocycles. The van der Waals surface area contributed by atoms with E-state index in [9.17, 15) is 0 Å². The van der Waals surface area contributed by atoms with Crippen LogP contribution >= 0.6 is 0 Å². The Hall–Kier alpha value is -1.42. The summed E-state index contributed by atoms with van der Waals surface area (Å²) < 4.78 is 5.26. The van der Waals surface area contributed by atoms with E-state index in [1.54, 1.807) is 7.11 Å². The number of rotatable bonds is 7. The summed E-state index contributed by atoms with van der Waals surface area (Å²) in [5.41, 5.74) is 7.92. The van der Waals surface area contributed by atoms with Gasteiger partial charge in [0.1, 0.15) is 5.75 Å². The zero-order valence-corrected chi connectivity index (χ0v) is 11.9. The molecule has 102 valence electrons. The predicted octanol–water partition coefficient (Wildman–Crippen LogP) is 2.06. The second-order valence-corrected chi connectivity index (χ2v) is 4.63. The third-order valence-corrected chi connectivity index (χ3v) is 3.02. The number of nitrogens with two attached hydrogens (primary N) is 1. The highest BCUT2D eigenvalue weighted by Gasteiger charge is 2.11. The van der Waals surface area contributed by atoms with Crippen LogP contribution in [0.5, 0.6) is 5.75 Å². The van der Waals surface area contributed by atoms with Gasteiger partial charge in [-0.15, -0.1) is 0 Å². The lowest BCUT2D eigenvalue weighted by Gasteiger charge is -2.26. The van der Waals surface area contributed by atoms with Crippen LogP contribution in [0.15, 0.2) is 18.2 Å². The summed E-state index contributed by atoms with van der Waals surface area (Å²) in [7, 11) is 5.84. The van der Waals surface area contributed by atoms with Crippen molar-refractivity contribution in [3.05, 3.63) is 18.2 Å². The zero-order valence-electron chi connectivity index (χ0n) is 11.9. The molecule has 0 aliphatic carbocycles.